The molecule has 0 bridgehead atoms. The molecule has 3 rings (SSSR count). The molecule has 0 aliphatic carbocycles. The number of nitrogens with one attached hydrogen (secondary N) is 2. The number of carbonyl (C=O) groups is 3. The fraction of sp³-hybridized carbons (Fsp3) is 0.227. The molecule has 0 saturated heterocycles. The third kappa shape index (κ3) is 5.40. The van der Waals surface area contributed by atoms with E-state index in [1.54, 1.807) is 25.1 Å². The van der Waals surface area contributed by atoms with Crippen molar-refractivity contribution in [2.45, 2.75) is 25.2 Å². The Hall–Kier alpha value is -3.49. The number of ether oxygens (including phenoxy) is 1. The average molecular weight is 502 g/mol. The van der Waals surface area contributed by atoms with Crippen molar-refractivity contribution in [3.05, 3.63) is 86.6 Å². The van der Waals surface area contributed by atoms with Crippen LogP contribution >= 0.6 is 0 Å². The standard InChI is InChI=1S/C22H21N3O6Se/c1-3-31-20(26)18-17(12-32-21(27)14-9-7-13(2)8-10-14)23-22(28)24-19(18)15-5-4-6-16(11-15)25(29)30/h4-11,19H,3,12H2,1-2H3,(H2,23,24,28). The van der Waals surface area contributed by atoms with Gasteiger partial charge in [0.2, 0.25) is 0 Å². The van der Waals surface area contributed by atoms with Crippen LogP contribution in [0.15, 0.2) is 59.8 Å². The minimum absolute atomic E-state index is 0.0760. The molecule has 1 aliphatic heterocycles. The summed E-state index contributed by atoms with van der Waals surface area (Å²) in [6.45, 7) is 3.69. The number of nitro benzene ring substituents is 1. The van der Waals surface area contributed by atoms with Gasteiger partial charge in [0.1, 0.15) is 0 Å². The topological polar surface area (TPSA) is 128 Å². The molecule has 2 amide bonds. The predicted molar refractivity (Wildman–Crippen MR) is 117 cm³/mol. The Morgan fingerprint density at radius 3 is 2.56 bits per heavy atom. The fourth-order valence-corrected chi connectivity index (χ4v) is 4.85. The molecule has 1 aliphatic rings. The second-order valence-corrected chi connectivity index (χ2v) is 8.93. The first-order chi connectivity index (χ1) is 15.3. The van der Waals surface area contributed by atoms with Crippen LogP contribution in [-0.2, 0) is 9.53 Å². The van der Waals surface area contributed by atoms with E-state index in [4.69, 9.17) is 4.74 Å². The van der Waals surface area contributed by atoms with Crippen LogP contribution in [0.25, 0.3) is 0 Å². The number of esters is 1. The van der Waals surface area contributed by atoms with Gasteiger partial charge in [0.05, 0.1) is 0 Å². The van der Waals surface area contributed by atoms with Crippen LogP contribution in [0.3, 0.4) is 0 Å². The number of nitrogens with zero attached hydrogens (tertiary/aromatic N) is 1. The van der Waals surface area contributed by atoms with Crippen molar-refractivity contribution in [1.82, 2.24) is 10.6 Å². The molecule has 32 heavy (non-hydrogen) atoms. The maximum absolute atomic E-state index is 12.8. The van der Waals surface area contributed by atoms with Crippen molar-refractivity contribution in [3.63, 3.8) is 0 Å². The number of nitro groups is 1. The van der Waals surface area contributed by atoms with Gasteiger partial charge in [-0.1, -0.05) is 0 Å². The maximum atomic E-state index is 12.8. The Morgan fingerprint density at radius 1 is 1.19 bits per heavy atom. The van der Waals surface area contributed by atoms with Crippen LogP contribution in [0.2, 0.25) is 5.32 Å². The molecule has 1 atom stereocenters. The van der Waals surface area contributed by atoms with Gasteiger partial charge in [-0.2, -0.15) is 0 Å². The van der Waals surface area contributed by atoms with E-state index in [2.05, 4.69) is 10.6 Å². The minimum atomic E-state index is -0.942. The van der Waals surface area contributed by atoms with E-state index in [0.29, 0.717) is 11.1 Å². The first-order valence-electron chi connectivity index (χ1n) is 9.76. The van der Waals surface area contributed by atoms with E-state index in [0.717, 1.165) is 5.56 Å². The number of non-ortho nitro benzene ring substituents is 1. The van der Waals surface area contributed by atoms with Crippen molar-refractivity contribution in [2.75, 3.05) is 6.61 Å². The number of hydrogen-bond acceptors (Lipinski definition) is 6. The van der Waals surface area contributed by atoms with E-state index in [9.17, 15) is 24.5 Å². The van der Waals surface area contributed by atoms with Crippen LogP contribution in [0.1, 0.15) is 34.5 Å². The van der Waals surface area contributed by atoms with Gasteiger partial charge in [0.15, 0.2) is 0 Å². The van der Waals surface area contributed by atoms with Crippen LogP contribution in [0.5, 0.6) is 0 Å². The zero-order valence-corrected chi connectivity index (χ0v) is 19.1. The molecule has 0 spiro atoms. The van der Waals surface area contributed by atoms with E-state index < -0.39 is 37.9 Å². The van der Waals surface area contributed by atoms with E-state index in [-0.39, 0.29) is 33.6 Å². The molecule has 9 nitrogen and oxygen atoms in total. The van der Waals surface area contributed by atoms with Gasteiger partial charge in [-0.3, -0.25) is 0 Å². The summed E-state index contributed by atoms with van der Waals surface area (Å²) < 4.78 is 5.10. The van der Waals surface area contributed by atoms with Gasteiger partial charge in [-0.15, -0.1) is 0 Å². The van der Waals surface area contributed by atoms with Crippen molar-refractivity contribution < 1.29 is 24.0 Å². The second kappa shape index (κ2) is 10.2. The van der Waals surface area contributed by atoms with Crippen LogP contribution < -0.4 is 10.6 Å². The molecule has 0 radical (unpaired) electrons. The number of rotatable bonds is 8. The van der Waals surface area contributed by atoms with Gasteiger partial charge < -0.3 is 0 Å². The molecule has 166 valence electrons. The van der Waals surface area contributed by atoms with Crippen molar-refractivity contribution in [2.24, 2.45) is 0 Å². The summed E-state index contributed by atoms with van der Waals surface area (Å²) in [6.07, 6.45) is 0. The summed E-state index contributed by atoms with van der Waals surface area (Å²) in [5, 5.41) is 16.6. The summed E-state index contributed by atoms with van der Waals surface area (Å²) in [6, 6.07) is 11.4. The van der Waals surface area contributed by atoms with Gasteiger partial charge in [-0.05, 0) is 0 Å². The van der Waals surface area contributed by atoms with E-state index in [1.165, 1.54) is 18.2 Å². The Kier molecular flexibility index (Phi) is 7.40. The van der Waals surface area contributed by atoms with E-state index >= 15 is 0 Å². The Morgan fingerprint density at radius 2 is 1.91 bits per heavy atom. The van der Waals surface area contributed by atoms with Crippen molar-refractivity contribution in [1.29, 1.82) is 0 Å². The summed E-state index contributed by atoms with van der Waals surface area (Å²) in [5.74, 6) is -0.662. The number of carbonyl (C=O) groups excluding carboxylic acids is 3. The van der Waals surface area contributed by atoms with Crippen molar-refractivity contribution >= 4 is 37.3 Å². The third-order valence-electron chi connectivity index (χ3n) is 4.70. The molecular formula is C22H21N3O6Se. The Bertz CT molecular complexity index is 1100. The quantitative estimate of drug-likeness (QED) is 0.247. The number of urea groups is 1. The monoisotopic (exact) mass is 503 g/mol. The zero-order valence-electron chi connectivity index (χ0n) is 17.4. The summed E-state index contributed by atoms with van der Waals surface area (Å²) in [5.41, 5.74) is 2.21. The number of aryl methyl sites for hydroxylation is 1. The molecule has 1 unspecified atom stereocenters. The Balaban J connectivity index is 1.95. The SMILES string of the molecule is CCOC(=O)C1=C(C[Se]C(=O)c2ccc(C)cc2)NC(=O)NC1c1cccc([N+](=O)[O-])c1. The van der Waals surface area contributed by atoms with Gasteiger partial charge in [0.25, 0.3) is 0 Å². The fourth-order valence-electron chi connectivity index (χ4n) is 3.16. The number of amides is 2. The van der Waals surface area contributed by atoms with Crippen molar-refractivity contribution in [3.8, 4) is 0 Å². The van der Waals surface area contributed by atoms with Crippen LogP contribution in [0, 0.1) is 17.0 Å². The number of allylic oxidation sites excluding steroid dienone is 1. The second-order valence-electron chi connectivity index (χ2n) is 6.94. The number of benzene rings is 2. The molecule has 1 heterocycles. The van der Waals surface area contributed by atoms with Gasteiger partial charge in [0, 0.05) is 0 Å². The molecule has 2 aromatic rings. The molecule has 0 fully saturated rings. The normalized spacial score (nSPS) is 15.6. The summed E-state index contributed by atoms with van der Waals surface area (Å²) in [7, 11) is 0. The molecule has 10 heteroatoms. The van der Waals surface area contributed by atoms with Gasteiger partial charge in [-0.25, -0.2) is 0 Å². The summed E-state index contributed by atoms with van der Waals surface area (Å²) in [4.78, 5) is 48.4. The van der Waals surface area contributed by atoms with E-state index in [1.807, 2.05) is 19.1 Å². The molecule has 2 N–H and O–H groups in total. The molecule has 0 aromatic heterocycles. The van der Waals surface area contributed by atoms with Crippen LogP contribution in [-0.4, -0.2) is 43.2 Å². The first kappa shape index (κ1) is 23.2. The first-order valence-corrected chi connectivity index (χ1v) is 11.8. The predicted octanol–water partition coefficient (Wildman–Crippen LogP) is 3.04. The van der Waals surface area contributed by atoms with Gasteiger partial charge >= 0.3 is 190 Å². The molecular weight excluding hydrogens is 481 g/mol. The average Bonchev–Trinajstić information content (AvgIpc) is 2.77. The summed E-state index contributed by atoms with van der Waals surface area (Å²) >= 11 is -0.597. The van der Waals surface area contributed by atoms with Crippen LogP contribution in [0.4, 0.5) is 10.5 Å². The number of hydrogen-bond donors (Lipinski definition) is 2. The molecule has 2 aromatic carbocycles. The molecule has 0 saturated carbocycles. The third-order valence-corrected chi connectivity index (χ3v) is 6.65. The zero-order chi connectivity index (χ0) is 23.3. The Labute approximate surface area is 190 Å².